The predicted octanol–water partition coefficient (Wildman–Crippen LogP) is 2.40. The fourth-order valence-corrected chi connectivity index (χ4v) is 1.53. The summed E-state index contributed by atoms with van der Waals surface area (Å²) in [5, 5.41) is 13.0. The Morgan fingerprint density at radius 1 is 1.47 bits per heavy atom. The lowest BCUT2D eigenvalue weighted by atomic mass is 10.1. The van der Waals surface area contributed by atoms with Gasteiger partial charge in [0.05, 0.1) is 6.10 Å². The average molecular weight is 266 g/mol. The number of benzene rings is 1. The Morgan fingerprint density at radius 2 is 2.26 bits per heavy atom. The molecule has 1 aromatic heterocycles. The summed E-state index contributed by atoms with van der Waals surface area (Å²) in [5.41, 5.74) is 0.498. The lowest BCUT2D eigenvalue weighted by molar-refractivity contribution is 0.198. The highest BCUT2D eigenvalue weighted by Gasteiger charge is 2.10. The molecule has 0 aliphatic heterocycles. The highest BCUT2D eigenvalue weighted by atomic mass is 19.1. The maximum absolute atomic E-state index is 13.7. The minimum atomic E-state index is -0.715. The molecule has 6 heteroatoms. The van der Waals surface area contributed by atoms with E-state index in [0.29, 0.717) is 23.7 Å². The van der Waals surface area contributed by atoms with Crippen molar-refractivity contribution in [1.82, 2.24) is 10.1 Å². The molecule has 0 radical (unpaired) electrons. The Hall–Kier alpha value is -1.95. The molecule has 19 heavy (non-hydrogen) atoms. The molecule has 2 aromatic rings. The van der Waals surface area contributed by atoms with Crippen LogP contribution in [0.4, 0.5) is 4.39 Å². The first-order valence-electron chi connectivity index (χ1n) is 6.02. The molecule has 102 valence electrons. The van der Waals surface area contributed by atoms with Crippen LogP contribution in [0.2, 0.25) is 0 Å². The zero-order valence-electron chi connectivity index (χ0n) is 10.8. The van der Waals surface area contributed by atoms with Crippen LogP contribution in [0.15, 0.2) is 22.7 Å². The summed E-state index contributed by atoms with van der Waals surface area (Å²) in [6, 6.07) is 4.32. The maximum atomic E-state index is 13.7. The van der Waals surface area contributed by atoms with E-state index < -0.39 is 11.9 Å². The van der Waals surface area contributed by atoms with Crippen LogP contribution in [0.1, 0.15) is 37.2 Å². The maximum Gasteiger partial charge on any atom is 0.226 e. The molecular weight excluding hydrogens is 251 g/mol. The highest BCUT2D eigenvalue weighted by molar-refractivity contribution is 5.30. The van der Waals surface area contributed by atoms with Gasteiger partial charge in [-0.25, -0.2) is 4.39 Å². The number of hydrogen-bond donors (Lipinski definition) is 1. The minimum Gasteiger partial charge on any atom is -0.482 e. The molecule has 5 nitrogen and oxygen atoms in total. The van der Waals surface area contributed by atoms with Crippen molar-refractivity contribution in [2.24, 2.45) is 0 Å². The van der Waals surface area contributed by atoms with E-state index in [1.807, 2.05) is 6.92 Å². The van der Waals surface area contributed by atoms with Gasteiger partial charge in [0.1, 0.15) is 0 Å². The van der Waals surface area contributed by atoms with Gasteiger partial charge in [-0.2, -0.15) is 4.98 Å². The van der Waals surface area contributed by atoms with Crippen molar-refractivity contribution in [3.8, 4) is 5.75 Å². The molecular formula is C13H15FN2O3. The third-order valence-electron chi connectivity index (χ3n) is 2.61. The topological polar surface area (TPSA) is 68.4 Å². The van der Waals surface area contributed by atoms with Crippen molar-refractivity contribution in [3.63, 3.8) is 0 Å². The Morgan fingerprint density at radius 3 is 2.84 bits per heavy atom. The number of ether oxygens (including phenoxy) is 1. The monoisotopic (exact) mass is 266 g/mol. The smallest absolute Gasteiger partial charge is 0.226 e. The van der Waals surface area contributed by atoms with Crippen molar-refractivity contribution < 1.29 is 18.8 Å². The van der Waals surface area contributed by atoms with Gasteiger partial charge in [0.15, 0.2) is 18.2 Å². The van der Waals surface area contributed by atoms with Gasteiger partial charge >= 0.3 is 0 Å². The van der Waals surface area contributed by atoms with Crippen LogP contribution < -0.4 is 4.74 Å². The minimum absolute atomic E-state index is 0.0362. The molecule has 1 N–H and O–H groups in total. The van der Waals surface area contributed by atoms with Crippen LogP contribution in [0.3, 0.4) is 0 Å². The van der Waals surface area contributed by atoms with E-state index in [-0.39, 0.29) is 12.4 Å². The number of aliphatic hydroxyl groups excluding tert-OH is 1. The number of rotatable bonds is 5. The van der Waals surface area contributed by atoms with Gasteiger partial charge in [-0.3, -0.25) is 0 Å². The normalized spacial score (nSPS) is 12.4. The first-order chi connectivity index (χ1) is 9.10. The molecule has 2 rings (SSSR count). The first kappa shape index (κ1) is 13.5. The summed E-state index contributed by atoms with van der Waals surface area (Å²) < 4.78 is 23.9. The van der Waals surface area contributed by atoms with Gasteiger partial charge in [0.25, 0.3) is 0 Å². The van der Waals surface area contributed by atoms with Crippen molar-refractivity contribution in [2.45, 2.75) is 33.0 Å². The summed E-state index contributed by atoms with van der Waals surface area (Å²) in [6.45, 7) is 3.50. The zero-order chi connectivity index (χ0) is 13.8. The van der Waals surface area contributed by atoms with E-state index in [0.717, 1.165) is 0 Å². The Bertz CT molecular complexity index is 555. The van der Waals surface area contributed by atoms with E-state index in [9.17, 15) is 9.50 Å². The lowest BCUT2D eigenvalue weighted by Crippen LogP contribution is -2.01. The van der Waals surface area contributed by atoms with Gasteiger partial charge in [-0.1, -0.05) is 18.1 Å². The molecule has 0 unspecified atom stereocenters. The molecule has 0 spiro atoms. The number of aliphatic hydroxyl groups is 1. The molecule has 0 amide bonds. The van der Waals surface area contributed by atoms with Gasteiger partial charge in [-0.05, 0) is 24.6 Å². The number of halogens is 1. The Labute approximate surface area is 110 Å². The highest BCUT2D eigenvalue weighted by Crippen LogP contribution is 2.22. The van der Waals surface area contributed by atoms with Gasteiger partial charge < -0.3 is 14.4 Å². The molecule has 1 aromatic carbocycles. The largest absolute Gasteiger partial charge is 0.482 e. The van der Waals surface area contributed by atoms with Crippen molar-refractivity contribution >= 4 is 0 Å². The number of hydrogen-bond acceptors (Lipinski definition) is 5. The van der Waals surface area contributed by atoms with Crippen LogP contribution >= 0.6 is 0 Å². The molecule has 1 heterocycles. The summed E-state index contributed by atoms with van der Waals surface area (Å²) >= 11 is 0. The number of nitrogens with zero attached hydrogens (tertiary/aromatic N) is 2. The Balaban J connectivity index is 2.03. The van der Waals surface area contributed by atoms with E-state index in [1.165, 1.54) is 12.1 Å². The summed E-state index contributed by atoms with van der Waals surface area (Å²) in [7, 11) is 0. The van der Waals surface area contributed by atoms with E-state index in [4.69, 9.17) is 9.26 Å². The van der Waals surface area contributed by atoms with Crippen LogP contribution in [0, 0.1) is 5.82 Å². The van der Waals surface area contributed by atoms with Crippen molar-refractivity contribution in [3.05, 3.63) is 41.3 Å². The molecule has 0 saturated carbocycles. The second-order valence-electron chi connectivity index (χ2n) is 4.11. The van der Waals surface area contributed by atoms with E-state index in [1.54, 1.807) is 13.0 Å². The third kappa shape index (κ3) is 3.29. The molecule has 0 bridgehead atoms. The summed E-state index contributed by atoms with van der Waals surface area (Å²) in [6.07, 6.45) is -0.0716. The van der Waals surface area contributed by atoms with Crippen molar-refractivity contribution in [2.75, 3.05) is 0 Å². The van der Waals surface area contributed by atoms with Crippen LogP contribution in [-0.4, -0.2) is 15.2 Å². The fourth-order valence-electron chi connectivity index (χ4n) is 1.53. The standard InChI is InChI=1S/C13H15FN2O3/c1-3-13-15-12(16-19-13)7-18-11-5-4-9(8(2)17)6-10(11)14/h4-6,8,17H,3,7H2,1-2H3/t8-/m0/s1. The van der Waals surface area contributed by atoms with E-state index in [2.05, 4.69) is 10.1 Å². The first-order valence-corrected chi connectivity index (χ1v) is 6.02. The zero-order valence-corrected chi connectivity index (χ0v) is 10.8. The fraction of sp³-hybridized carbons (Fsp3) is 0.385. The SMILES string of the molecule is CCc1nc(COc2ccc([C@H](C)O)cc2F)no1. The molecule has 0 aliphatic carbocycles. The van der Waals surface area contributed by atoms with Crippen LogP contribution in [0.5, 0.6) is 5.75 Å². The molecule has 0 fully saturated rings. The van der Waals surface area contributed by atoms with Crippen LogP contribution in [-0.2, 0) is 13.0 Å². The third-order valence-corrected chi connectivity index (χ3v) is 2.61. The second kappa shape index (κ2) is 5.79. The summed E-state index contributed by atoms with van der Waals surface area (Å²) in [5.74, 6) is 0.448. The number of aromatic nitrogens is 2. The quantitative estimate of drug-likeness (QED) is 0.900. The van der Waals surface area contributed by atoms with Gasteiger partial charge in [0.2, 0.25) is 11.7 Å². The van der Waals surface area contributed by atoms with Crippen molar-refractivity contribution in [1.29, 1.82) is 0 Å². The van der Waals surface area contributed by atoms with Gasteiger partial charge in [0, 0.05) is 6.42 Å². The summed E-state index contributed by atoms with van der Waals surface area (Å²) in [4.78, 5) is 4.05. The van der Waals surface area contributed by atoms with E-state index >= 15 is 0 Å². The number of aryl methyl sites for hydroxylation is 1. The predicted molar refractivity (Wildman–Crippen MR) is 65.0 cm³/mol. The lowest BCUT2D eigenvalue weighted by Gasteiger charge is -2.08. The second-order valence-corrected chi connectivity index (χ2v) is 4.11. The Kier molecular flexibility index (Phi) is 4.11. The molecule has 0 aliphatic rings. The van der Waals surface area contributed by atoms with Gasteiger partial charge in [-0.15, -0.1) is 0 Å². The molecule has 1 atom stereocenters. The molecule has 0 saturated heterocycles. The average Bonchev–Trinajstić information content (AvgIpc) is 2.85. The van der Waals surface area contributed by atoms with Crippen LogP contribution in [0.25, 0.3) is 0 Å².